The normalized spacial score (nSPS) is 13.2. The fraction of sp³-hybridized carbons (Fsp3) is 0.500. The summed E-state index contributed by atoms with van der Waals surface area (Å²) in [5.41, 5.74) is 0.00596. The smallest absolute Gasteiger partial charge is 0.252 e. The van der Waals surface area contributed by atoms with Crippen LogP contribution in [0.25, 0.3) is 0 Å². The molecule has 0 aromatic heterocycles. The molecule has 0 fully saturated rings. The Morgan fingerprint density at radius 1 is 1.47 bits per heavy atom. The van der Waals surface area contributed by atoms with Crippen molar-refractivity contribution in [3.63, 3.8) is 0 Å². The van der Waals surface area contributed by atoms with E-state index in [4.69, 9.17) is 11.6 Å². The van der Waals surface area contributed by atoms with E-state index in [1.807, 2.05) is 20.8 Å². The Balaban J connectivity index is 2.52. The lowest BCUT2D eigenvalue weighted by molar-refractivity contribution is 0.0551. The van der Waals surface area contributed by atoms with Gasteiger partial charge in [0.25, 0.3) is 5.91 Å². The second kappa shape index (κ2) is 6.35. The molecule has 0 bridgehead atoms. The van der Waals surface area contributed by atoms with Gasteiger partial charge in [-0.1, -0.05) is 32.4 Å². The molecule has 2 N–H and O–H groups in total. The van der Waals surface area contributed by atoms with E-state index in [0.29, 0.717) is 13.0 Å². The van der Waals surface area contributed by atoms with Crippen molar-refractivity contribution in [1.82, 2.24) is 5.32 Å². The molecule has 1 aromatic rings. The summed E-state index contributed by atoms with van der Waals surface area (Å²) in [5.74, 6) is -0.851. The van der Waals surface area contributed by atoms with Crippen LogP contribution in [0.1, 0.15) is 37.6 Å². The Kier molecular flexibility index (Phi) is 5.32. The second-order valence-electron chi connectivity index (χ2n) is 5.55. The van der Waals surface area contributed by atoms with E-state index in [1.165, 1.54) is 12.1 Å². The Hall–Kier alpha value is -1.13. The number of carbonyl (C=O) groups is 1. The molecule has 0 heterocycles. The van der Waals surface area contributed by atoms with Crippen LogP contribution in [-0.4, -0.2) is 23.7 Å². The molecule has 1 amide bonds. The Morgan fingerprint density at radius 2 is 2.11 bits per heavy atom. The average Bonchev–Trinajstić information content (AvgIpc) is 2.27. The summed E-state index contributed by atoms with van der Waals surface area (Å²) in [6, 6.07) is 3.62. The zero-order valence-corrected chi connectivity index (χ0v) is 12.1. The topological polar surface area (TPSA) is 49.3 Å². The first-order chi connectivity index (χ1) is 8.71. The average molecular weight is 288 g/mol. The molecular weight excluding hydrogens is 269 g/mol. The highest BCUT2D eigenvalue weighted by atomic mass is 35.5. The molecule has 0 aliphatic rings. The number of aliphatic hydroxyl groups excluding tert-OH is 1. The third-order valence-electron chi connectivity index (χ3n) is 2.88. The molecule has 1 aromatic carbocycles. The highest BCUT2D eigenvalue weighted by molar-refractivity contribution is 6.33. The van der Waals surface area contributed by atoms with Gasteiger partial charge >= 0.3 is 0 Å². The Labute approximate surface area is 117 Å². The van der Waals surface area contributed by atoms with E-state index < -0.39 is 11.9 Å². The molecule has 0 saturated carbocycles. The maximum atomic E-state index is 12.9. The summed E-state index contributed by atoms with van der Waals surface area (Å²) < 4.78 is 12.9. The fourth-order valence-corrected chi connectivity index (χ4v) is 1.78. The number of amides is 1. The van der Waals surface area contributed by atoms with Crippen LogP contribution in [0.3, 0.4) is 0 Å². The van der Waals surface area contributed by atoms with Gasteiger partial charge in [-0.25, -0.2) is 4.39 Å². The van der Waals surface area contributed by atoms with E-state index in [0.717, 1.165) is 6.07 Å². The SMILES string of the molecule is CC(C)(C)[C@@H](O)CCNC(=O)c1ccc(F)cc1Cl. The van der Waals surface area contributed by atoms with Gasteiger partial charge < -0.3 is 10.4 Å². The standard InChI is InChI=1S/C14H19ClFNO2/c1-14(2,3)12(18)6-7-17-13(19)10-5-4-9(16)8-11(10)15/h4-5,8,12,18H,6-7H2,1-3H3,(H,17,19)/t12-/m0/s1. The predicted octanol–water partition coefficient (Wildman–Crippen LogP) is 3.01. The largest absolute Gasteiger partial charge is 0.393 e. The number of hydrogen-bond acceptors (Lipinski definition) is 2. The maximum Gasteiger partial charge on any atom is 0.252 e. The van der Waals surface area contributed by atoms with Gasteiger partial charge in [0.2, 0.25) is 0 Å². The van der Waals surface area contributed by atoms with Gasteiger partial charge in [-0.15, -0.1) is 0 Å². The molecule has 106 valence electrons. The number of halogens is 2. The lowest BCUT2D eigenvalue weighted by Crippen LogP contribution is -2.32. The second-order valence-corrected chi connectivity index (χ2v) is 5.96. The van der Waals surface area contributed by atoms with Gasteiger partial charge in [-0.2, -0.15) is 0 Å². The van der Waals surface area contributed by atoms with E-state index in [1.54, 1.807) is 0 Å². The minimum Gasteiger partial charge on any atom is -0.393 e. The zero-order valence-electron chi connectivity index (χ0n) is 11.3. The van der Waals surface area contributed by atoms with Crippen molar-refractivity contribution in [2.24, 2.45) is 5.41 Å². The number of hydrogen-bond donors (Lipinski definition) is 2. The van der Waals surface area contributed by atoms with Gasteiger partial charge in [-0.3, -0.25) is 4.79 Å². The summed E-state index contributed by atoms with van der Waals surface area (Å²) in [7, 11) is 0. The number of nitrogens with one attached hydrogen (secondary N) is 1. The molecule has 1 atom stereocenters. The lowest BCUT2D eigenvalue weighted by Gasteiger charge is -2.25. The van der Waals surface area contributed by atoms with Crippen LogP contribution in [-0.2, 0) is 0 Å². The fourth-order valence-electron chi connectivity index (χ4n) is 1.52. The van der Waals surface area contributed by atoms with Gasteiger partial charge in [0, 0.05) is 6.54 Å². The van der Waals surface area contributed by atoms with E-state index in [2.05, 4.69) is 5.32 Å². The van der Waals surface area contributed by atoms with Gasteiger partial charge in [0.1, 0.15) is 5.82 Å². The number of aliphatic hydroxyl groups is 1. The quantitative estimate of drug-likeness (QED) is 0.894. The number of carbonyl (C=O) groups excluding carboxylic acids is 1. The molecule has 0 spiro atoms. The van der Waals surface area contributed by atoms with Crippen LogP contribution in [0, 0.1) is 11.2 Å². The summed E-state index contributed by atoms with van der Waals surface area (Å²) in [6.07, 6.45) is -0.0508. The van der Waals surface area contributed by atoms with Crippen LogP contribution in [0.2, 0.25) is 5.02 Å². The van der Waals surface area contributed by atoms with Crippen molar-refractivity contribution in [3.8, 4) is 0 Å². The molecule has 19 heavy (non-hydrogen) atoms. The molecular formula is C14H19ClFNO2. The zero-order chi connectivity index (χ0) is 14.6. The van der Waals surface area contributed by atoms with Crippen molar-refractivity contribution < 1.29 is 14.3 Å². The summed E-state index contributed by atoms with van der Waals surface area (Å²) in [6.45, 7) is 6.12. The van der Waals surface area contributed by atoms with Gasteiger partial charge in [0.15, 0.2) is 0 Å². The van der Waals surface area contributed by atoms with Crippen molar-refractivity contribution in [1.29, 1.82) is 0 Å². The minimum absolute atomic E-state index is 0.0777. The molecule has 1 rings (SSSR count). The summed E-state index contributed by atoms with van der Waals surface area (Å²) >= 11 is 5.79. The molecule has 0 radical (unpaired) electrons. The summed E-state index contributed by atoms with van der Waals surface area (Å²) in [4.78, 5) is 11.8. The van der Waals surface area contributed by atoms with Crippen molar-refractivity contribution in [2.45, 2.75) is 33.3 Å². The molecule has 0 aliphatic carbocycles. The highest BCUT2D eigenvalue weighted by Crippen LogP contribution is 2.21. The predicted molar refractivity (Wildman–Crippen MR) is 73.8 cm³/mol. The third-order valence-corrected chi connectivity index (χ3v) is 3.19. The van der Waals surface area contributed by atoms with E-state index in [-0.39, 0.29) is 21.9 Å². The molecule has 0 saturated heterocycles. The van der Waals surface area contributed by atoms with Gasteiger partial charge in [-0.05, 0) is 30.0 Å². The van der Waals surface area contributed by atoms with E-state index in [9.17, 15) is 14.3 Å². The first-order valence-electron chi connectivity index (χ1n) is 6.13. The monoisotopic (exact) mass is 287 g/mol. The highest BCUT2D eigenvalue weighted by Gasteiger charge is 2.21. The minimum atomic E-state index is -0.503. The number of benzene rings is 1. The first kappa shape index (κ1) is 15.9. The lowest BCUT2D eigenvalue weighted by atomic mass is 9.87. The van der Waals surface area contributed by atoms with E-state index >= 15 is 0 Å². The molecule has 0 unspecified atom stereocenters. The molecule has 3 nitrogen and oxygen atoms in total. The van der Waals surface area contributed by atoms with Crippen LogP contribution in [0.4, 0.5) is 4.39 Å². The van der Waals surface area contributed by atoms with Crippen molar-refractivity contribution in [2.75, 3.05) is 6.54 Å². The third kappa shape index (κ3) is 4.80. The molecule has 5 heteroatoms. The number of rotatable bonds is 4. The Bertz CT molecular complexity index is 457. The summed E-state index contributed by atoms with van der Waals surface area (Å²) in [5, 5.41) is 12.6. The van der Waals surface area contributed by atoms with Gasteiger partial charge in [0.05, 0.1) is 16.7 Å². The molecule has 0 aliphatic heterocycles. The maximum absolute atomic E-state index is 12.9. The van der Waals surface area contributed by atoms with Crippen LogP contribution >= 0.6 is 11.6 Å². The first-order valence-corrected chi connectivity index (χ1v) is 6.51. The van der Waals surface area contributed by atoms with Crippen LogP contribution < -0.4 is 5.32 Å². The Morgan fingerprint density at radius 3 is 2.63 bits per heavy atom. The van der Waals surface area contributed by atoms with Crippen LogP contribution in [0.5, 0.6) is 0 Å². The van der Waals surface area contributed by atoms with Crippen molar-refractivity contribution >= 4 is 17.5 Å². The van der Waals surface area contributed by atoms with Crippen LogP contribution in [0.15, 0.2) is 18.2 Å². The van der Waals surface area contributed by atoms with Crippen molar-refractivity contribution in [3.05, 3.63) is 34.6 Å².